The van der Waals surface area contributed by atoms with Crippen molar-refractivity contribution in [1.29, 1.82) is 0 Å². The summed E-state index contributed by atoms with van der Waals surface area (Å²) in [4.78, 5) is 0.963. The number of rotatable bonds is 6. The maximum Gasteiger partial charge on any atom is 0.257 e. The van der Waals surface area contributed by atoms with Gasteiger partial charge in [-0.15, -0.1) is 31.7 Å². The number of hydrogen-bond acceptors (Lipinski definition) is 9. The van der Waals surface area contributed by atoms with Gasteiger partial charge in [-0.2, -0.15) is 0 Å². The van der Waals surface area contributed by atoms with E-state index in [1.165, 1.54) is 23.1 Å². The van der Waals surface area contributed by atoms with E-state index in [9.17, 15) is 0 Å². The van der Waals surface area contributed by atoms with Gasteiger partial charge in [0.05, 0.1) is 10.1 Å². The fourth-order valence-electron chi connectivity index (χ4n) is 2.27. The Morgan fingerprint density at radius 3 is 2.85 bits per heavy atom. The molecule has 138 valence electrons. The smallest absolute Gasteiger partial charge is 0.257 e. The molecular weight excluding hydrogens is 422 g/mol. The zero-order chi connectivity index (χ0) is 18.8. The monoisotopic (exact) mass is 435 g/mol. The third kappa shape index (κ3) is 4.16. The first kappa shape index (κ1) is 18.4. The largest absolute Gasteiger partial charge is 0.419 e. The summed E-state index contributed by atoms with van der Waals surface area (Å²) in [6, 6.07) is 9.64. The summed E-state index contributed by atoms with van der Waals surface area (Å²) in [6.45, 7) is 3.97. The maximum atomic E-state index is 6.16. The van der Waals surface area contributed by atoms with Gasteiger partial charge in [0.1, 0.15) is 0 Å². The van der Waals surface area contributed by atoms with E-state index >= 15 is 0 Å². The highest BCUT2D eigenvalue weighted by atomic mass is 35.5. The zero-order valence-electron chi connectivity index (χ0n) is 14.3. The molecule has 0 saturated carbocycles. The molecule has 0 spiro atoms. The predicted molar refractivity (Wildman–Crippen MR) is 111 cm³/mol. The number of thioether (sulfide) groups is 1. The van der Waals surface area contributed by atoms with Crippen molar-refractivity contribution in [2.24, 2.45) is 0 Å². The van der Waals surface area contributed by atoms with Crippen LogP contribution in [0, 0.1) is 6.92 Å². The normalized spacial score (nSPS) is 12.3. The van der Waals surface area contributed by atoms with Crippen LogP contribution in [0.1, 0.15) is 23.6 Å². The Morgan fingerprint density at radius 2 is 2.04 bits per heavy atom. The minimum absolute atomic E-state index is 0.0279. The van der Waals surface area contributed by atoms with Gasteiger partial charge in [0.25, 0.3) is 5.89 Å². The van der Waals surface area contributed by atoms with E-state index in [4.69, 9.17) is 16.0 Å². The summed E-state index contributed by atoms with van der Waals surface area (Å²) < 4.78 is 6.61. The van der Waals surface area contributed by atoms with E-state index in [-0.39, 0.29) is 5.25 Å². The first-order chi connectivity index (χ1) is 13.1. The van der Waals surface area contributed by atoms with E-state index in [2.05, 4.69) is 25.7 Å². The van der Waals surface area contributed by atoms with Crippen molar-refractivity contribution in [1.82, 2.24) is 20.4 Å². The van der Waals surface area contributed by atoms with Crippen molar-refractivity contribution in [3.05, 3.63) is 52.2 Å². The second kappa shape index (κ2) is 7.97. The Kier molecular flexibility index (Phi) is 5.44. The first-order valence-electron chi connectivity index (χ1n) is 7.99. The number of nitrogens with one attached hydrogen (secondary N) is 1. The van der Waals surface area contributed by atoms with Gasteiger partial charge in [-0.25, -0.2) is 0 Å². The van der Waals surface area contributed by atoms with E-state index in [0.717, 1.165) is 20.5 Å². The molecule has 0 saturated heterocycles. The van der Waals surface area contributed by atoms with Gasteiger partial charge in [0.15, 0.2) is 4.34 Å². The molecule has 0 radical (unpaired) electrons. The van der Waals surface area contributed by atoms with Crippen molar-refractivity contribution >= 4 is 56.9 Å². The number of aromatic nitrogens is 4. The van der Waals surface area contributed by atoms with E-state index in [1.54, 1.807) is 11.3 Å². The molecule has 4 aromatic rings. The number of nitrogens with zero attached hydrogens (tertiary/aromatic N) is 4. The Bertz CT molecular complexity index is 1050. The highest BCUT2D eigenvalue weighted by Gasteiger charge is 2.19. The fraction of sp³-hybridized carbons (Fsp3) is 0.176. The molecule has 1 unspecified atom stereocenters. The molecule has 0 bridgehead atoms. The van der Waals surface area contributed by atoms with Crippen LogP contribution in [-0.4, -0.2) is 20.4 Å². The lowest BCUT2D eigenvalue weighted by Gasteiger charge is -2.07. The van der Waals surface area contributed by atoms with Crippen LogP contribution in [0.4, 0.5) is 10.8 Å². The molecule has 6 nitrogen and oxygen atoms in total. The Labute approximate surface area is 173 Å². The van der Waals surface area contributed by atoms with Crippen LogP contribution < -0.4 is 5.32 Å². The van der Waals surface area contributed by atoms with E-state index < -0.39 is 0 Å². The molecular formula is C17H14ClN5OS3. The molecule has 0 amide bonds. The lowest BCUT2D eigenvalue weighted by Crippen LogP contribution is -1.92. The second-order valence-electron chi connectivity index (χ2n) is 5.59. The Morgan fingerprint density at radius 1 is 1.15 bits per heavy atom. The second-order valence-corrected chi connectivity index (χ2v) is 9.51. The van der Waals surface area contributed by atoms with Gasteiger partial charge in [0.2, 0.25) is 11.0 Å². The summed E-state index contributed by atoms with van der Waals surface area (Å²) in [5.41, 5.74) is 1.89. The van der Waals surface area contributed by atoms with Crippen LogP contribution in [0.15, 0.2) is 44.5 Å². The number of halogens is 1. The van der Waals surface area contributed by atoms with Crippen LogP contribution in [0.5, 0.6) is 0 Å². The summed E-state index contributed by atoms with van der Waals surface area (Å²) in [5.74, 6) is 1.11. The summed E-state index contributed by atoms with van der Waals surface area (Å²) in [5, 5.41) is 23.4. The van der Waals surface area contributed by atoms with Gasteiger partial charge in [-0.3, -0.25) is 0 Å². The highest BCUT2D eigenvalue weighted by molar-refractivity contribution is 8.01. The van der Waals surface area contributed by atoms with E-state index in [1.807, 2.05) is 49.6 Å². The van der Waals surface area contributed by atoms with Gasteiger partial charge in [-0.1, -0.05) is 46.8 Å². The van der Waals surface area contributed by atoms with Crippen LogP contribution in [0.3, 0.4) is 0 Å². The van der Waals surface area contributed by atoms with Crippen molar-refractivity contribution < 1.29 is 4.42 Å². The van der Waals surface area contributed by atoms with Gasteiger partial charge in [0, 0.05) is 10.7 Å². The molecule has 4 rings (SSSR count). The van der Waals surface area contributed by atoms with Gasteiger partial charge < -0.3 is 9.73 Å². The average Bonchev–Trinajstić information content (AvgIpc) is 3.39. The molecule has 0 aliphatic rings. The standard InChI is InChI=1S/C17H14ClN5OS3/c1-9-11(18)5-3-6-12(9)19-16-22-23-17(27-16)26-10(2)14-20-21-15(24-14)13-7-4-8-25-13/h3-8,10H,1-2H3,(H,19,22). The molecule has 0 aliphatic heterocycles. The average molecular weight is 436 g/mol. The molecule has 3 aromatic heterocycles. The minimum Gasteiger partial charge on any atom is -0.419 e. The van der Waals surface area contributed by atoms with E-state index in [0.29, 0.717) is 21.9 Å². The fourth-order valence-corrected chi connectivity index (χ4v) is 5.02. The van der Waals surface area contributed by atoms with Crippen LogP contribution >= 0.6 is 46.0 Å². The molecule has 1 atom stereocenters. The molecule has 10 heteroatoms. The Balaban J connectivity index is 1.44. The van der Waals surface area contributed by atoms with Crippen LogP contribution in [-0.2, 0) is 0 Å². The number of benzene rings is 1. The molecule has 1 N–H and O–H groups in total. The third-order valence-corrected chi connectivity index (χ3v) is 6.99. The summed E-state index contributed by atoms with van der Waals surface area (Å²) in [6.07, 6.45) is 0. The molecule has 27 heavy (non-hydrogen) atoms. The summed E-state index contributed by atoms with van der Waals surface area (Å²) in [7, 11) is 0. The SMILES string of the molecule is Cc1c(Cl)cccc1Nc1nnc(SC(C)c2nnc(-c3cccs3)o2)s1. The zero-order valence-corrected chi connectivity index (χ0v) is 17.5. The summed E-state index contributed by atoms with van der Waals surface area (Å²) >= 11 is 10.7. The lowest BCUT2D eigenvalue weighted by atomic mass is 10.2. The number of anilines is 2. The highest BCUT2D eigenvalue weighted by Crippen LogP contribution is 2.38. The quantitative estimate of drug-likeness (QED) is 0.361. The van der Waals surface area contributed by atoms with Crippen molar-refractivity contribution in [2.75, 3.05) is 5.32 Å². The topological polar surface area (TPSA) is 76.7 Å². The van der Waals surface area contributed by atoms with Crippen molar-refractivity contribution in [3.8, 4) is 10.8 Å². The first-order valence-corrected chi connectivity index (χ1v) is 10.9. The molecule has 0 aliphatic carbocycles. The van der Waals surface area contributed by atoms with Crippen LogP contribution in [0.2, 0.25) is 5.02 Å². The molecule has 3 heterocycles. The van der Waals surface area contributed by atoms with Gasteiger partial charge in [-0.05, 0) is 43.0 Å². The molecule has 0 fully saturated rings. The predicted octanol–water partition coefficient (Wildman–Crippen LogP) is 6.21. The minimum atomic E-state index is -0.0279. The van der Waals surface area contributed by atoms with Crippen LogP contribution in [0.25, 0.3) is 10.8 Å². The number of thiophene rings is 1. The third-order valence-electron chi connectivity index (χ3n) is 3.71. The lowest BCUT2D eigenvalue weighted by molar-refractivity contribution is 0.510. The maximum absolute atomic E-state index is 6.16. The van der Waals surface area contributed by atoms with Gasteiger partial charge >= 0.3 is 0 Å². The Hall–Kier alpha value is -1.94. The number of hydrogen-bond donors (Lipinski definition) is 1. The van der Waals surface area contributed by atoms with Crippen molar-refractivity contribution in [3.63, 3.8) is 0 Å². The molecule has 1 aromatic carbocycles. The van der Waals surface area contributed by atoms with Crippen molar-refractivity contribution in [2.45, 2.75) is 23.4 Å².